The minimum Gasteiger partial charge on any atom is -0.323 e. The molecule has 0 fully saturated rings. The minimum absolute atomic E-state index is 0.159. The van der Waals surface area contributed by atoms with E-state index in [2.05, 4.69) is 48.3 Å². The van der Waals surface area contributed by atoms with Crippen molar-refractivity contribution in [2.24, 2.45) is 5.73 Å². The van der Waals surface area contributed by atoms with Crippen molar-refractivity contribution in [3.8, 4) is 10.4 Å². The monoisotopic (exact) mass is 282 g/mol. The third-order valence-electron chi connectivity index (χ3n) is 3.54. The molecule has 3 heteroatoms. The molecule has 20 heavy (non-hydrogen) atoms. The summed E-state index contributed by atoms with van der Waals surface area (Å²) in [5, 5.41) is 2.43. The lowest BCUT2D eigenvalue weighted by Crippen LogP contribution is -2.07. The summed E-state index contributed by atoms with van der Waals surface area (Å²) in [6.45, 7) is 2.17. The van der Waals surface area contributed by atoms with Gasteiger partial charge in [-0.05, 0) is 30.0 Å². The van der Waals surface area contributed by atoms with Crippen LogP contribution in [0.2, 0.25) is 0 Å². The Balaban J connectivity index is 2.03. The number of aromatic nitrogens is 1. The summed E-state index contributed by atoms with van der Waals surface area (Å²) in [6.07, 6.45) is 5.93. The molecular formula is C17H18N2S. The first-order valence-corrected chi connectivity index (χ1v) is 7.79. The summed E-state index contributed by atoms with van der Waals surface area (Å²) in [7, 11) is 0. The first kappa shape index (κ1) is 13.3. The SMILES string of the molecule is CCCC(N)c1ccc(-c2cccc3ccncc23)s1. The van der Waals surface area contributed by atoms with Gasteiger partial charge in [-0.3, -0.25) is 4.98 Å². The second-order valence-corrected chi connectivity index (χ2v) is 6.11. The van der Waals surface area contributed by atoms with E-state index in [1.165, 1.54) is 26.1 Å². The first-order valence-electron chi connectivity index (χ1n) is 6.98. The Morgan fingerprint density at radius 1 is 1.20 bits per heavy atom. The summed E-state index contributed by atoms with van der Waals surface area (Å²) >= 11 is 1.80. The Morgan fingerprint density at radius 2 is 2.10 bits per heavy atom. The van der Waals surface area contributed by atoms with Gasteiger partial charge in [0.05, 0.1) is 0 Å². The summed E-state index contributed by atoms with van der Waals surface area (Å²) in [4.78, 5) is 6.79. The van der Waals surface area contributed by atoms with Gasteiger partial charge >= 0.3 is 0 Å². The molecule has 2 heterocycles. The maximum Gasteiger partial charge on any atom is 0.0389 e. The van der Waals surface area contributed by atoms with E-state index in [4.69, 9.17) is 5.73 Å². The summed E-state index contributed by atoms with van der Waals surface area (Å²) in [5.74, 6) is 0. The van der Waals surface area contributed by atoms with Gasteiger partial charge < -0.3 is 5.73 Å². The molecule has 0 saturated heterocycles. The van der Waals surface area contributed by atoms with Gasteiger partial charge in [0.1, 0.15) is 0 Å². The highest BCUT2D eigenvalue weighted by atomic mass is 32.1. The molecule has 102 valence electrons. The zero-order valence-corrected chi connectivity index (χ0v) is 12.4. The number of pyridine rings is 1. The van der Waals surface area contributed by atoms with E-state index < -0.39 is 0 Å². The molecule has 0 radical (unpaired) electrons. The topological polar surface area (TPSA) is 38.9 Å². The minimum atomic E-state index is 0.159. The molecule has 0 saturated carbocycles. The van der Waals surface area contributed by atoms with Crippen molar-refractivity contribution in [1.29, 1.82) is 0 Å². The largest absolute Gasteiger partial charge is 0.323 e. The average Bonchev–Trinajstić information content (AvgIpc) is 2.97. The molecular weight excluding hydrogens is 264 g/mol. The summed E-state index contributed by atoms with van der Waals surface area (Å²) < 4.78 is 0. The van der Waals surface area contributed by atoms with Crippen LogP contribution in [-0.4, -0.2) is 4.98 Å². The number of fused-ring (bicyclic) bond motifs is 1. The van der Waals surface area contributed by atoms with E-state index in [1.807, 2.05) is 12.4 Å². The maximum absolute atomic E-state index is 6.21. The van der Waals surface area contributed by atoms with E-state index >= 15 is 0 Å². The Morgan fingerprint density at radius 3 is 2.95 bits per heavy atom. The van der Waals surface area contributed by atoms with Crippen molar-refractivity contribution < 1.29 is 0 Å². The van der Waals surface area contributed by atoms with Crippen LogP contribution in [0, 0.1) is 0 Å². The van der Waals surface area contributed by atoms with Crippen LogP contribution in [0.1, 0.15) is 30.7 Å². The summed E-state index contributed by atoms with van der Waals surface area (Å²) in [5.41, 5.74) is 7.45. The van der Waals surface area contributed by atoms with Crippen LogP contribution in [0.4, 0.5) is 0 Å². The summed E-state index contributed by atoms with van der Waals surface area (Å²) in [6, 6.07) is 12.9. The van der Waals surface area contributed by atoms with Crippen LogP contribution >= 0.6 is 11.3 Å². The average molecular weight is 282 g/mol. The van der Waals surface area contributed by atoms with E-state index in [9.17, 15) is 0 Å². The van der Waals surface area contributed by atoms with Gasteiger partial charge in [0.15, 0.2) is 0 Å². The number of rotatable bonds is 4. The second-order valence-electron chi connectivity index (χ2n) is 5.00. The quantitative estimate of drug-likeness (QED) is 0.749. The normalized spacial score (nSPS) is 12.7. The highest BCUT2D eigenvalue weighted by Crippen LogP contribution is 2.35. The van der Waals surface area contributed by atoms with Crippen molar-refractivity contribution in [3.05, 3.63) is 53.7 Å². The van der Waals surface area contributed by atoms with Gasteiger partial charge in [0.25, 0.3) is 0 Å². The Bertz CT molecular complexity index is 712. The zero-order chi connectivity index (χ0) is 13.9. The van der Waals surface area contributed by atoms with E-state index in [0.29, 0.717) is 0 Å². The molecule has 0 aliphatic heterocycles. The molecule has 0 aliphatic rings. The molecule has 3 rings (SSSR count). The fraction of sp³-hybridized carbons (Fsp3) is 0.235. The molecule has 0 spiro atoms. The van der Waals surface area contributed by atoms with Gasteiger partial charge in [-0.1, -0.05) is 31.5 Å². The lowest BCUT2D eigenvalue weighted by molar-refractivity contribution is 0.648. The van der Waals surface area contributed by atoms with Gasteiger partial charge in [0.2, 0.25) is 0 Å². The Hall–Kier alpha value is -1.71. The van der Waals surface area contributed by atoms with Crippen LogP contribution in [0.15, 0.2) is 48.8 Å². The van der Waals surface area contributed by atoms with E-state index in [0.717, 1.165) is 12.8 Å². The van der Waals surface area contributed by atoms with Crippen LogP contribution in [0.3, 0.4) is 0 Å². The van der Waals surface area contributed by atoms with Crippen molar-refractivity contribution in [3.63, 3.8) is 0 Å². The lowest BCUT2D eigenvalue weighted by Gasteiger charge is -2.07. The molecule has 2 aromatic heterocycles. The number of thiophene rings is 1. The third-order valence-corrected chi connectivity index (χ3v) is 4.79. The number of hydrogen-bond acceptors (Lipinski definition) is 3. The van der Waals surface area contributed by atoms with Crippen LogP contribution in [0.5, 0.6) is 0 Å². The molecule has 0 bridgehead atoms. The standard InChI is InChI=1S/C17H18N2S/c1-2-4-15(18)17-8-7-16(20-17)13-6-3-5-12-9-10-19-11-14(12)13/h3,5-11,15H,2,4,18H2,1H3. The Labute approximate surface area is 123 Å². The van der Waals surface area contributed by atoms with Gasteiger partial charge in [0, 0.05) is 39.1 Å². The van der Waals surface area contributed by atoms with Crippen LogP contribution < -0.4 is 5.73 Å². The predicted octanol–water partition coefficient (Wildman–Crippen LogP) is 4.76. The van der Waals surface area contributed by atoms with Crippen molar-refractivity contribution in [2.75, 3.05) is 0 Å². The highest BCUT2D eigenvalue weighted by Gasteiger charge is 2.11. The molecule has 1 unspecified atom stereocenters. The van der Waals surface area contributed by atoms with E-state index in [-0.39, 0.29) is 6.04 Å². The second kappa shape index (κ2) is 5.73. The van der Waals surface area contributed by atoms with Crippen molar-refractivity contribution in [1.82, 2.24) is 4.98 Å². The smallest absolute Gasteiger partial charge is 0.0389 e. The fourth-order valence-corrected chi connectivity index (χ4v) is 3.56. The van der Waals surface area contributed by atoms with Gasteiger partial charge in [-0.2, -0.15) is 0 Å². The zero-order valence-electron chi connectivity index (χ0n) is 11.5. The van der Waals surface area contributed by atoms with Crippen molar-refractivity contribution >= 4 is 22.1 Å². The molecule has 1 aromatic carbocycles. The van der Waals surface area contributed by atoms with Gasteiger partial charge in [-0.25, -0.2) is 0 Å². The van der Waals surface area contributed by atoms with E-state index in [1.54, 1.807) is 11.3 Å². The van der Waals surface area contributed by atoms with Gasteiger partial charge in [-0.15, -0.1) is 11.3 Å². The number of nitrogens with zero attached hydrogens (tertiary/aromatic N) is 1. The third kappa shape index (κ3) is 2.47. The number of benzene rings is 1. The number of hydrogen-bond donors (Lipinski definition) is 1. The first-order chi connectivity index (χ1) is 9.79. The van der Waals surface area contributed by atoms with Crippen LogP contribution in [-0.2, 0) is 0 Å². The van der Waals surface area contributed by atoms with Crippen LogP contribution in [0.25, 0.3) is 21.2 Å². The highest BCUT2D eigenvalue weighted by molar-refractivity contribution is 7.15. The molecule has 0 aliphatic carbocycles. The molecule has 1 atom stereocenters. The lowest BCUT2D eigenvalue weighted by atomic mass is 10.1. The molecule has 2 nitrogen and oxygen atoms in total. The molecule has 3 aromatic rings. The number of nitrogens with two attached hydrogens (primary N) is 1. The molecule has 0 amide bonds. The predicted molar refractivity (Wildman–Crippen MR) is 86.9 cm³/mol. The fourth-order valence-electron chi connectivity index (χ4n) is 2.48. The maximum atomic E-state index is 6.21. The Kier molecular flexibility index (Phi) is 3.81. The van der Waals surface area contributed by atoms with Crippen molar-refractivity contribution in [2.45, 2.75) is 25.8 Å². The molecule has 2 N–H and O–H groups in total.